The number of Topliss-reactive ketones (excluding diaryl/α,β-unsaturated/α-hetero) is 1. The number of carbonyl (C=O) groups excluding carboxylic acids is 2. The molecule has 2 aromatic heterocycles. The zero-order valence-electron chi connectivity index (χ0n) is 14.0. The predicted octanol–water partition coefficient (Wildman–Crippen LogP) is 3.89. The molecule has 0 bridgehead atoms. The van der Waals surface area contributed by atoms with E-state index in [9.17, 15) is 9.59 Å². The third-order valence-corrected chi connectivity index (χ3v) is 5.23. The van der Waals surface area contributed by atoms with Crippen LogP contribution in [0.1, 0.15) is 35.1 Å². The molecular formula is C19H19N3O2S. The summed E-state index contributed by atoms with van der Waals surface area (Å²) in [5.74, 6) is 0.684. The highest BCUT2D eigenvalue weighted by Gasteiger charge is 2.24. The number of benzene rings is 1. The Morgan fingerprint density at radius 3 is 2.88 bits per heavy atom. The van der Waals surface area contributed by atoms with Crippen molar-refractivity contribution in [1.82, 2.24) is 9.55 Å². The maximum atomic E-state index is 12.8. The number of amides is 1. The normalized spacial score (nSPS) is 14.0. The summed E-state index contributed by atoms with van der Waals surface area (Å²) in [4.78, 5) is 28.3. The Kier molecular flexibility index (Phi) is 4.13. The molecule has 1 saturated carbocycles. The smallest absolute Gasteiger partial charge is 0.221 e. The molecule has 6 heteroatoms. The number of hydrogen-bond acceptors (Lipinski definition) is 4. The molecule has 1 N–H and O–H groups in total. The minimum atomic E-state index is -0.0975. The summed E-state index contributed by atoms with van der Waals surface area (Å²) in [7, 11) is 0. The Balaban J connectivity index is 1.72. The first-order chi connectivity index (χ1) is 12.1. The quantitative estimate of drug-likeness (QED) is 0.684. The minimum Gasteiger partial charge on any atom is -0.346 e. The average molecular weight is 353 g/mol. The second-order valence-electron chi connectivity index (χ2n) is 6.58. The number of fused-ring (bicyclic) bond motifs is 1. The summed E-state index contributed by atoms with van der Waals surface area (Å²) in [6.45, 7) is 2.42. The molecule has 1 aliphatic rings. The van der Waals surface area contributed by atoms with E-state index in [1.165, 1.54) is 31.1 Å². The third-order valence-electron chi connectivity index (χ3n) is 4.45. The molecule has 128 valence electrons. The van der Waals surface area contributed by atoms with Gasteiger partial charge in [-0.2, -0.15) is 0 Å². The molecule has 1 aromatic carbocycles. The Hall–Kier alpha value is -2.47. The number of rotatable bonds is 6. The predicted molar refractivity (Wildman–Crippen MR) is 99.1 cm³/mol. The van der Waals surface area contributed by atoms with Crippen molar-refractivity contribution < 1.29 is 9.59 Å². The van der Waals surface area contributed by atoms with E-state index in [2.05, 4.69) is 14.9 Å². The molecular weight excluding hydrogens is 334 g/mol. The molecule has 0 saturated heterocycles. The number of aromatic nitrogens is 2. The summed E-state index contributed by atoms with van der Waals surface area (Å²) in [5.41, 5.74) is 2.50. The van der Waals surface area contributed by atoms with Crippen LogP contribution in [0.2, 0.25) is 0 Å². The van der Waals surface area contributed by atoms with Gasteiger partial charge in [0.25, 0.3) is 0 Å². The fraction of sp³-hybridized carbons (Fsp3) is 0.316. The van der Waals surface area contributed by atoms with Crippen LogP contribution in [-0.4, -0.2) is 21.2 Å². The summed E-state index contributed by atoms with van der Waals surface area (Å²) >= 11 is 1.50. The van der Waals surface area contributed by atoms with Crippen molar-refractivity contribution in [3.8, 4) is 0 Å². The van der Waals surface area contributed by atoms with Crippen molar-refractivity contribution in [2.45, 2.75) is 32.7 Å². The lowest BCUT2D eigenvalue weighted by atomic mass is 10.1. The van der Waals surface area contributed by atoms with Crippen molar-refractivity contribution in [2.75, 3.05) is 5.32 Å². The molecule has 1 fully saturated rings. The third kappa shape index (κ3) is 3.49. The monoisotopic (exact) mass is 353 g/mol. The Labute approximate surface area is 149 Å². The molecule has 5 nitrogen and oxygen atoms in total. The fourth-order valence-corrected chi connectivity index (χ4v) is 3.71. The highest BCUT2D eigenvalue weighted by atomic mass is 32.1. The molecule has 0 atom stereocenters. The Morgan fingerprint density at radius 1 is 1.36 bits per heavy atom. The van der Waals surface area contributed by atoms with Crippen molar-refractivity contribution in [3.63, 3.8) is 0 Å². The van der Waals surface area contributed by atoms with E-state index >= 15 is 0 Å². The highest BCUT2D eigenvalue weighted by Crippen LogP contribution is 2.34. The van der Waals surface area contributed by atoms with E-state index in [-0.39, 0.29) is 11.7 Å². The maximum Gasteiger partial charge on any atom is 0.221 e. The zero-order valence-corrected chi connectivity index (χ0v) is 14.8. The SMILES string of the molecule is CC(=O)Nc1ccc2c(C(=O)Cc3nccs3)cn(CC3CC3)c2c1. The van der Waals surface area contributed by atoms with Gasteiger partial charge in [0.05, 0.1) is 11.9 Å². The van der Waals surface area contributed by atoms with Crippen molar-refractivity contribution in [3.05, 3.63) is 46.5 Å². The van der Waals surface area contributed by atoms with Crippen LogP contribution in [0.4, 0.5) is 5.69 Å². The van der Waals surface area contributed by atoms with Crippen molar-refractivity contribution in [1.29, 1.82) is 0 Å². The number of anilines is 1. The summed E-state index contributed by atoms with van der Waals surface area (Å²) in [6.07, 6.45) is 6.51. The first kappa shape index (κ1) is 16.0. The first-order valence-corrected chi connectivity index (χ1v) is 9.30. The molecule has 0 aliphatic heterocycles. The number of hydrogen-bond donors (Lipinski definition) is 1. The lowest BCUT2D eigenvalue weighted by Crippen LogP contribution is -2.06. The molecule has 1 aliphatic carbocycles. The van der Waals surface area contributed by atoms with Crippen molar-refractivity contribution >= 4 is 39.6 Å². The van der Waals surface area contributed by atoms with Gasteiger partial charge in [0.2, 0.25) is 5.91 Å². The van der Waals surface area contributed by atoms with Crippen LogP contribution in [-0.2, 0) is 17.8 Å². The van der Waals surface area contributed by atoms with E-state index in [4.69, 9.17) is 0 Å². The number of ketones is 1. The molecule has 0 spiro atoms. The molecule has 0 radical (unpaired) electrons. The number of nitrogens with zero attached hydrogens (tertiary/aromatic N) is 2. The van der Waals surface area contributed by atoms with Crippen LogP contribution in [0.5, 0.6) is 0 Å². The van der Waals surface area contributed by atoms with Gasteiger partial charge in [-0.05, 0) is 30.9 Å². The van der Waals surface area contributed by atoms with Gasteiger partial charge >= 0.3 is 0 Å². The molecule has 3 aromatic rings. The molecule has 2 heterocycles. The summed E-state index contributed by atoms with van der Waals surface area (Å²) in [5, 5.41) is 6.49. The van der Waals surface area contributed by atoms with E-state index in [0.29, 0.717) is 12.3 Å². The Bertz CT molecular complexity index is 939. The second kappa shape index (κ2) is 6.44. The lowest BCUT2D eigenvalue weighted by molar-refractivity contribution is -0.114. The largest absolute Gasteiger partial charge is 0.346 e. The van der Waals surface area contributed by atoms with Gasteiger partial charge in [-0.3, -0.25) is 9.59 Å². The van der Waals surface area contributed by atoms with E-state index in [1.807, 2.05) is 29.8 Å². The zero-order chi connectivity index (χ0) is 17.4. The van der Waals surface area contributed by atoms with Gasteiger partial charge in [-0.25, -0.2) is 4.98 Å². The van der Waals surface area contributed by atoms with Gasteiger partial charge in [-0.15, -0.1) is 11.3 Å². The van der Waals surface area contributed by atoms with Gasteiger partial charge in [0.15, 0.2) is 5.78 Å². The number of thiazole rings is 1. The minimum absolute atomic E-state index is 0.0850. The van der Waals surface area contributed by atoms with Crippen LogP contribution in [0.15, 0.2) is 36.0 Å². The molecule has 0 unspecified atom stereocenters. The maximum absolute atomic E-state index is 12.8. The molecule has 4 rings (SSSR count). The van der Waals surface area contributed by atoms with Crippen LogP contribution < -0.4 is 5.32 Å². The molecule has 25 heavy (non-hydrogen) atoms. The molecule has 1 amide bonds. The number of carbonyl (C=O) groups is 2. The van der Waals surface area contributed by atoms with Crippen LogP contribution in [0, 0.1) is 5.92 Å². The summed E-state index contributed by atoms with van der Waals surface area (Å²) < 4.78 is 2.16. The van der Waals surface area contributed by atoms with Gasteiger partial charge in [0, 0.05) is 47.9 Å². The van der Waals surface area contributed by atoms with Gasteiger partial charge < -0.3 is 9.88 Å². The fourth-order valence-electron chi connectivity index (χ4n) is 3.10. The second-order valence-corrected chi connectivity index (χ2v) is 7.56. The van der Waals surface area contributed by atoms with E-state index < -0.39 is 0 Å². The topological polar surface area (TPSA) is 64.0 Å². The first-order valence-electron chi connectivity index (χ1n) is 8.42. The highest BCUT2D eigenvalue weighted by molar-refractivity contribution is 7.09. The van der Waals surface area contributed by atoms with Gasteiger partial charge in [0.1, 0.15) is 5.01 Å². The standard InChI is InChI=1S/C19H19N3O2S/c1-12(23)21-14-4-5-15-16(18(24)9-19-20-6-7-25-19)11-22(17(15)8-14)10-13-2-3-13/h4-8,11,13H,2-3,9-10H2,1H3,(H,21,23). The average Bonchev–Trinajstić information content (AvgIpc) is 3.10. The number of nitrogens with one attached hydrogen (secondary N) is 1. The Morgan fingerprint density at radius 2 is 2.20 bits per heavy atom. The van der Waals surface area contributed by atoms with Crippen molar-refractivity contribution in [2.24, 2.45) is 5.92 Å². The van der Waals surface area contributed by atoms with Gasteiger partial charge in [-0.1, -0.05) is 6.07 Å². The van der Waals surface area contributed by atoms with Crippen LogP contribution in [0.3, 0.4) is 0 Å². The van der Waals surface area contributed by atoms with E-state index in [0.717, 1.165) is 33.7 Å². The lowest BCUT2D eigenvalue weighted by Gasteiger charge is -2.06. The summed E-state index contributed by atoms with van der Waals surface area (Å²) in [6, 6.07) is 5.74. The van der Waals surface area contributed by atoms with E-state index in [1.54, 1.807) is 6.20 Å². The van der Waals surface area contributed by atoms with Crippen LogP contribution >= 0.6 is 11.3 Å². The van der Waals surface area contributed by atoms with Crippen LogP contribution in [0.25, 0.3) is 10.9 Å².